The summed E-state index contributed by atoms with van der Waals surface area (Å²) in [7, 11) is 0. The van der Waals surface area contributed by atoms with Gasteiger partial charge in [0.2, 0.25) is 0 Å². The molecule has 0 bridgehead atoms. The lowest BCUT2D eigenvalue weighted by Crippen LogP contribution is -2.07. The Morgan fingerprint density at radius 2 is 1.04 bits per heavy atom. The van der Waals surface area contributed by atoms with Gasteiger partial charge in [0.05, 0.1) is 61.3 Å². The van der Waals surface area contributed by atoms with Gasteiger partial charge < -0.3 is 18.9 Å². The van der Waals surface area contributed by atoms with Gasteiger partial charge in [0.25, 0.3) is 0 Å². The normalized spacial score (nSPS) is 11.3. The predicted molar refractivity (Wildman–Crippen MR) is 136 cm³/mol. The minimum atomic E-state index is 0.664. The van der Waals surface area contributed by atoms with E-state index >= 15 is 0 Å². The van der Waals surface area contributed by atoms with Crippen molar-refractivity contribution in [2.24, 2.45) is 0 Å². The minimum absolute atomic E-state index is 0.664. The van der Waals surface area contributed by atoms with E-state index in [-0.39, 0.29) is 0 Å². The highest BCUT2D eigenvalue weighted by Crippen LogP contribution is 2.40. The van der Waals surface area contributed by atoms with Crippen LogP contribution in [0.15, 0.2) is 8.42 Å². The van der Waals surface area contributed by atoms with E-state index in [4.69, 9.17) is 31.2 Å². The van der Waals surface area contributed by atoms with Crippen molar-refractivity contribution < 1.29 is 18.9 Å². The Morgan fingerprint density at radius 1 is 0.654 bits per heavy atom. The fraction of sp³-hybridized carbons (Fsp3) is 0.800. The molecule has 1 aromatic heterocycles. The van der Waals surface area contributed by atoms with Crippen molar-refractivity contribution >= 4 is 104 Å². The second-order valence-electron chi connectivity index (χ2n) is 4.55. The first-order chi connectivity index (χ1) is 12.8. The summed E-state index contributed by atoms with van der Waals surface area (Å²) in [5.74, 6) is 1.87. The van der Waals surface area contributed by atoms with Crippen molar-refractivity contribution in [3.8, 4) is 0 Å². The number of thioether (sulfide) groups is 2. The first-order valence-corrected chi connectivity index (χ1v) is 15.2. The van der Waals surface area contributed by atoms with Crippen LogP contribution in [0.1, 0.15) is 0 Å². The zero-order chi connectivity index (χ0) is 18.9. The third kappa shape index (κ3) is 14.3. The molecule has 0 N–H and O–H groups in total. The SMILES string of the molecule is S=c1sc(SCCOCCOCCI)c(SCCOCCOCCI)s1. The Labute approximate surface area is 205 Å². The highest BCUT2D eigenvalue weighted by Gasteiger charge is 2.09. The molecule has 0 unspecified atom stereocenters. The number of alkyl halides is 2. The summed E-state index contributed by atoms with van der Waals surface area (Å²) in [4.78, 5) is 0. The molecule has 0 fully saturated rings. The van der Waals surface area contributed by atoms with Crippen LogP contribution in [0.2, 0.25) is 0 Å². The van der Waals surface area contributed by atoms with Gasteiger partial charge in [-0.2, -0.15) is 0 Å². The van der Waals surface area contributed by atoms with Crippen molar-refractivity contribution in [2.75, 3.05) is 73.2 Å². The molecule has 0 aliphatic carbocycles. The molecule has 1 rings (SSSR count). The maximum Gasteiger partial charge on any atom is 0.145 e. The average Bonchev–Trinajstić information content (AvgIpc) is 2.99. The highest BCUT2D eigenvalue weighted by atomic mass is 127. The molecule has 0 saturated carbocycles. The molecule has 0 spiro atoms. The predicted octanol–water partition coefficient (Wildman–Crippen LogP) is 5.66. The molecule has 1 aromatic rings. The van der Waals surface area contributed by atoms with Crippen LogP contribution in [-0.4, -0.2) is 73.2 Å². The summed E-state index contributed by atoms with van der Waals surface area (Å²) in [5.41, 5.74) is 0. The Kier molecular flexibility index (Phi) is 19.5. The van der Waals surface area contributed by atoms with Gasteiger partial charge in [0.1, 0.15) is 3.14 Å². The molecule has 4 nitrogen and oxygen atoms in total. The van der Waals surface area contributed by atoms with Crippen molar-refractivity contribution in [3.63, 3.8) is 0 Å². The van der Waals surface area contributed by atoms with Gasteiger partial charge in [-0.05, 0) is 0 Å². The van der Waals surface area contributed by atoms with Crippen LogP contribution in [-0.2, 0) is 18.9 Å². The molecular weight excluding hydrogens is 658 g/mol. The fourth-order valence-electron chi connectivity index (χ4n) is 1.57. The quantitative estimate of drug-likeness (QED) is 0.0651. The third-order valence-electron chi connectivity index (χ3n) is 2.63. The first kappa shape index (κ1) is 26.3. The van der Waals surface area contributed by atoms with Crippen molar-refractivity contribution in [1.29, 1.82) is 0 Å². The molecule has 0 atom stereocenters. The molecule has 0 amide bonds. The Morgan fingerprint density at radius 3 is 1.42 bits per heavy atom. The molecule has 1 heterocycles. The monoisotopic (exact) mass is 682 g/mol. The number of ether oxygens (including phenoxy) is 4. The standard InChI is InChI=1S/C15H24I2O4S5/c16-1-3-18-5-7-20-9-11-23-13-14(26-15(22)25-13)24-12-10-21-8-6-19-4-2-17/h1-12H2. The maximum absolute atomic E-state index is 5.60. The number of hydrogen-bond acceptors (Lipinski definition) is 9. The summed E-state index contributed by atoms with van der Waals surface area (Å²) >= 11 is 17.0. The Bertz CT molecular complexity index is 460. The minimum Gasteiger partial charge on any atom is -0.378 e. The number of rotatable bonds is 18. The van der Waals surface area contributed by atoms with E-state index in [0.29, 0.717) is 26.4 Å². The van der Waals surface area contributed by atoms with E-state index in [1.165, 1.54) is 8.42 Å². The second kappa shape index (κ2) is 19.2. The molecule has 0 aliphatic heterocycles. The van der Waals surface area contributed by atoms with Crippen LogP contribution < -0.4 is 0 Å². The zero-order valence-corrected chi connectivity index (χ0v) is 22.8. The van der Waals surface area contributed by atoms with Gasteiger partial charge >= 0.3 is 0 Å². The van der Waals surface area contributed by atoms with E-state index in [0.717, 1.165) is 49.9 Å². The second-order valence-corrected chi connectivity index (χ2v) is 12.7. The van der Waals surface area contributed by atoms with Crippen LogP contribution >= 0.6 is 104 Å². The van der Waals surface area contributed by atoms with Crippen LogP contribution in [0.25, 0.3) is 0 Å². The van der Waals surface area contributed by atoms with Crippen LogP contribution in [0.5, 0.6) is 0 Å². The van der Waals surface area contributed by atoms with Crippen LogP contribution in [0.3, 0.4) is 0 Å². The van der Waals surface area contributed by atoms with E-state index in [9.17, 15) is 0 Å². The van der Waals surface area contributed by atoms with E-state index < -0.39 is 0 Å². The molecule has 152 valence electrons. The molecular formula is C15H24I2O4S5. The van der Waals surface area contributed by atoms with Crippen molar-refractivity contribution in [2.45, 2.75) is 8.42 Å². The van der Waals surface area contributed by atoms with Crippen LogP contribution in [0.4, 0.5) is 0 Å². The van der Waals surface area contributed by atoms with E-state index in [2.05, 4.69) is 45.2 Å². The zero-order valence-electron chi connectivity index (χ0n) is 14.4. The number of hydrogen-bond donors (Lipinski definition) is 0. The average molecular weight is 682 g/mol. The van der Waals surface area contributed by atoms with Gasteiger partial charge in [0, 0.05) is 20.4 Å². The molecule has 11 heteroatoms. The van der Waals surface area contributed by atoms with Crippen molar-refractivity contribution in [3.05, 3.63) is 3.14 Å². The van der Waals surface area contributed by atoms with Gasteiger partial charge in [-0.15, -0.1) is 46.2 Å². The lowest BCUT2D eigenvalue weighted by molar-refractivity contribution is 0.0611. The highest BCUT2D eigenvalue weighted by molar-refractivity contribution is 14.1. The van der Waals surface area contributed by atoms with Gasteiger partial charge in [0.15, 0.2) is 0 Å². The summed E-state index contributed by atoms with van der Waals surface area (Å²) < 4.78 is 27.6. The fourth-order valence-corrected chi connectivity index (χ4v) is 8.15. The van der Waals surface area contributed by atoms with Crippen LogP contribution in [0, 0.1) is 3.14 Å². The lowest BCUT2D eigenvalue weighted by Gasteiger charge is -2.06. The molecule has 0 aromatic carbocycles. The maximum atomic E-state index is 5.60. The molecule has 26 heavy (non-hydrogen) atoms. The third-order valence-corrected chi connectivity index (χ3v) is 9.02. The molecule has 0 aliphatic rings. The summed E-state index contributed by atoms with van der Waals surface area (Å²) in [6, 6.07) is 0. The van der Waals surface area contributed by atoms with E-state index in [1.807, 2.05) is 23.5 Å². The molecule has 0 saturated heterocycles. The lowest BCUT2D eigenvalue weighted by atomic mass is 10.7. The number of halogens is 2. The van der Waals surface area contributed by atoms with Crippen molar-refractivity contribution in [1.82, 2.24) is 0 Å². The van der Waals surface area contributed by atoms with Gasteiger partial charge in [-0.1, -0.05) is 57.4 Å². The molecule has 0 radical (unpaired) electrons. The van der Waals surface area contributed by atoms with E-state index in [1.54, 1.807) is 22.7 Å². The van der Waals surface area contributed by atoms with Gasteiger partial charge in [-0.25, -0.2) is 0 Å². The topological polar surface area (TPSA) is 36.9 Å². The summed E-state index contributed by atoms with van der Waals surface area (Å²) in [6.07, 6.45) is 0. The first-order valence-electron chi connectivity index (χ1n) is 8.10. The Balaban J connectivity index is 2.11. The Hall–Kier alpha value is 2.27. The van der Waals surface area contributed by atoms with Gasteiger partial charge in [-0.3, -0.25) is 0 Å². The smallest absolute Gasteiger partial charge is 0.145 e. The summed E-state index contributed by atoms with van der Waals surface area (Å²) in [5, 5.41) is 0. The largest absolute Gasteiger partial charge is 0.378 e. The summed E-state index contributed by atoms with van der Waals surface area (Å²) in [6.45, 7) is 5.74.